The first-order valence-electron chi connectivity index (χ1n) is 8.10. The molecule has 0 bridgehead atoms. The molecule has 25 heavy (non-hydrogen) atoms. The number of rotatable bonds is 3. The van der Waals surface area contributed by atoms with Gasteiger partial charge in [-0.1, -0.05) is 24.3 Å². The maximum Gasteiger partial charge on any atom is 0.262 e. The van der Waals surface area contributed by atoms with Crippen LogP contribution in [0.4, 0.5) is 21.6 Å². The topological polar surface area (TPSA) is 45.2 Å². The molecule has 1 aliphatic rings. The standard InChI is InChI=1S/C20H16FN3O/c21-15-6-3-7-16(13-15)23-19-17(8-4-11-22-19)20(25)24-12-10-14-5-1-2-9-18(14)24/h1-9,11,13H,10,12H2,(H,22,23). The Hall–Kier alpha value is -3.21. The maximum atomic E-state index is 13.4. The first-order chi connectivity index (χ1) is 12.2. The van der Waals surface area contributed by atoms with Crippen LogP contribution in [0.3, 0.4) is 0 Å². The molecule has 1 amide bonds. The van der Waals surface area contributed by atoms with Gasteiger partial charge in [-0.25, -0.2) is 9.37 Å². The molecule has 4 nitrogen and oxygen atoms in total. The van der Waals surface area contributed by atoms with E-state index in [2.05, 4.69) is 10.3 Å². The van der Waals surface area contributed by atoms with E-state index in [9.17, 15) is 9.18 Å². The minimum atomic E-state index is -0.345. The van der Waals surface area contributed by atoms with Gasteiger partial charge in [-0.05, 0) is 48.4 Å². The number of pyridine rings is 1. The highest BCUT2D eigenvalue weighted by molar-refractivity contribution is 6.10. The van der Waals surface area contributed by atoms with Crippen molar-refractivity contribution in [1.82, 2.24) is 4.98 Å². The number of aromatic nitrogens is 1. The normalized spacial score (nSPS) is 12.8. The lowest BCUT2D eigenvalue weighted by Crippen LogP contribution is -2.29. The number of fused-ring (bicyclic) bond motifs is 1. The van der Waals surface area contributed by atoms with Crippen LogP contribution in [-0.2, 0) is 6.42 Å². The van der Waals surface area contributed by atoms with Gasteiger partial charge in [-0.15, -0.1) is 0 Å². The van der Waals surface area contributed by atoms with E-state index in [1.807, 2.05) is 24.3 Å². The number of carbonyl (C=O) groups excluding carboxylic acids is 1. The van der Waals surface area contributed by atoms with Crippen molar-refractivity contribution < 1.29 is 9.18 Å². The van der Waals surface area contributed by atoms with Crippen molar-refractivity contribution in [2.24, 2.45) is 0 Å². The number of carbonyl (C=O) groups is 1. The van der Waals surface area contributed by atoms with E-state index in [0.29, 0.717) is 23.6 Å². The van der Waals surface area contributed by atoms with Gasteiger partial charge in [0, 0.05) is 24.1 Å². The lowest BCUT2D eigenvalue weighted by atomic mass is 10.1. The Labute approximate surface area is 144 Å². The fraction of sp³-hybridized carbons (Fsp3) is 0.100. The second-order valence-electron chi connectivity index (χ2n) is 5.87. The molecule has 2 aromatic carbocycles. The summed E-state index contributed by atoms with van der Waals surface area (Å²) in [5, 5.41) is 3.04. The number of halogens is 1. The van der Waals surface area contributed by atoms with E-state index >= 15 is 0 Å². The minimum Gasteiger partial charge on any atom is -0.339 e. The largest absolute Gasteiger partial charge is 0.339 e. The van der Waals surface area contributed by atoms with Gasteiger partial charge in [-0.2, -0.15) is 0 Å². The Kier molecular flexibility index (Phi) is 3.90. The number of para-hydroxylation sites is 1. The van der Waals surface area contributed by atoms with Crippen molar-refractivity contribution >= 4 is 23.1 Å². The molecule has 1 N–H and O–H groups in total. The molecule has 0 spiro atoms. The van der Waals surface area contributed by atoms with Gasteiger partial charge in [0.05, 0.1) is 5.56 Å². The van der Waals surface area contributed by atoms with E-state index in [1.165, 1.54) is 17.7 Å². The van der Waals surface area contributed by atoms with Gasteiger partial charge in [0.15, 0.2) is 0 Å². The van der Waals surface area contributed by atoms with Crippen molar-refractivity contribution in [3.63, 3.8) is 0 Å². The molecule has 0 saturated carbocycles. The average Bonchev–Trinajstić information content (AvgIpc) is 3.06. The molecule has 124 valence electrons. The zero-order valence-electron chi connectivity index (χ0n) is 13.4. The number of anilines is 3. The summed E-state index contributed by atoms with van der Waals surface area (Å²) < 4.78 is 13.4. The van der Waals surface area contributed by atoms with E-state index in [0.717, 1.165) is 12.1 Å². The summed E-state index contributed by atoms with van der Waals surface area (Å²) in [4.78, 5) is 19.1. The Bertz CT molecular complexity index is 941. The van der Waals surface area contributed by atoms with Crippen molar-refractivity contribution in [3.8, 4) is 0 Å². The number of nitrogens with zero attached hydrogens (tertiary/aromatic N) is 2. The Morgan fingerprint density at radius 3 is 2.84 bits per heavy atom. The first-order valence-corrected chi connectivity index (χ1v) is 8.10. The van der Waals surface area contributed by atoms with E-state index in [4.69, 9.17) is 0 Å². The second kappa shape index (κ2) is 6.36. The molecular formula is C20H16FN3O. The molecular weight excluding hydrogens is 317 g/mol. The van der Waals surface area contributed by atoms with Gasteiger partial charge in [-0.3, -0.25) is 4.79 Å². The molecule has 4 rings (SSSR count). The molecule has 0 aliphatic carbocycles. The van der Waals surface area contributed by atoms with E-state index in [-0.39, 0.29) is 11.7 Å². The minimum absolute atomic E-state index is 0.114. The van der Waals surface area contributed by atoms with Crippen LogP contribution < -0.4 is 10.2 Å². The summed E-state index contributed by atoms with van der Waals surface area (Å²) >= 11 is 0. The van der Waals surface area contributed by atoms with Crippen LogP contribution in [0.15, 0.2) is 66.9 Å². The monoisotopic (exact) mass is 333 g/mol. The number of nitrogens with one attached hydrogen (secondary N) is 1. The molecule has 0 unspecified atom stereocenters. The molecule has 1 aliphatic heterocycles. The lowest BCUT2D eigenvalue weighted by Gasteiger charge is -2.19. The summed E-state index contributed by atoms with van der Waals surface area (Å²) in [5.41, 5.74) is 3.12. The highest BCUT2D eigenvalue weighted by atomic mass is 19.1. The smallest absolute Gasteiger partial charge is 0.262 e. The second-order valence-corrected chi connectivity index (χ2v) is 5.87. The predicted molar refractivity (Wildman–Crippen MR) is 95.7 cm³/mol. The van der Waals surface area contributed by atoms with Crippen molar-refractivity contribution in [3.05, 3.63) is 83.8 Å². The average molecular weight is 333 g/mol. The van der Waals surface area contributed by atoms with Crippen LogP contribution in [0.2, 0.25) is 0 Å². The van der Waals surface area contributed by atoms with Gasteiger partial charge >= 0.3 is 0 Å². The molecule has 0 saturated heterocycles. The van der Waals surface area contributed by atoms with Crippen LogP contribution in [0.1, 0.15) is 15.9 Å². The van der Waals surface area contributed by atoms with E-state index in [1.54, 1.807) is 35.4 Å². The fourth-order valence-corrected chi connectivity index (χ4v) is 3.08. The Morgan fingerprint density at radius 1 is 1.08 bits per heavy atom. The number of hydrogen-bond acceptors (Lipinski definition) is 3. The van der Waals surface area contributed by atoms with Crippen molar-refractivity contribution in [2.75, 3.05) is 16.8 Å². The summed E-state index contributed by atoms with van der Waals surface area (Å²) in [6.07, 6.45) is 2.45. The van der Waals surface area contributed by atoms with Gasteiger partial charge in [0.25, 0.3) is 5.91 Å². The Morgan fingerprint density at radius 2 is 1.96 bits per heavy atom. The summed E-state index contributed by atoms with van der Waals surface area (Å²) in [6.45, 7) is 0.645. The summed E-state index contributed by atoms with van der Waals surface area (Å²) in [7, 11) is 0. The molecule has 1 aromatic heterocycles. The number of hydrogen-bond donors (Lipinski definition) is 1. The van der Waals surface area contributed by atoms with Gasteiger partial charge in [0.1, 0.15) is 11.6 Å². The molecule has 0 radical (unpaired) electrons. The molecule has 3 aromatic rings. The first kappa shape index (κ1) is 15.3. The maximum absolute atomic E-state index is 13.4. The van der Waals surface area contributed by atoms with Gasteiger partial charge < -0.3 is 10.2 Å². The molecule has 5 heteroatoms. The van der Waals surface area contributed by atoms with Crippen LogP contribution in [0.25, 0.3) is 0 Å². The van der Waals surface area contributed by atoms with Gasteiger partial charge in [0.2, 0.25) is 0 Å². The highest BCUT2D eigenvalue weighted by Crippen LogP contribution is 2.30. The van der Waals surface area contributed by atoms with Crippen LogP contribution in [-0.4, -0.2) is 17.4 Å². The molecule has 0 fully saturated rings. The van der Waals surface area contributed by atoms with Crippen LogP contribution >= 0.6 is 0 Å². The lowest BCUT2D eigenvalue weighted by molar-refractivity contribution is 0.0990. The third-order valence-electron chi connectivity index (χ3n) is 4.26. The SMILES string of the molecule is O=C(c1cccnc1Nc1cccc(F)c1)N1CCc2ccccc21. The molecule has 0 atom stereocenters. The summed E-state index contributed by atoms with van der Waals surface area (Å²) in [5.74, 6) is -0.0401. The van der Waals surface area contributed by atoms with Crippen LogP contribution in [0, 0.1) is 5.82 Å². The Balaban J connectivity index is 1.66. The van der Waals surface area contributed by atoms with Crippen LogP contribution in [0.5, 0.6) is 0 Å². The predicted octanol–water partition coefficient (Wildman–Crippen LogP) is 4.17. The van der Waals surface area contributed by atoms with Crippen molar-refractivity contribution in [1.29, 1.82) is 0 Å². The van der Waals surface area contributed by atoms with E-state index < -0.39 is 0 Å². The van der Waals surface area contributed by atoms with Crippen molar-refractivity contribution in [2.45, 2.75) is 6.42 Å². The zero-order chi connectivity index (χ0) is 17.2. The summed E-state index contributed by atoms with van der Waals surface area (Å²) in [6, 6.07) is 17.5. The molecule has 2 heterocycles. The quantitative estimate of drug-likeness (QED) is 0.782. The third-order valence-corrected chi connectivity index (χ3v) is 4.26. The highest BCUT2D eigenvalue weighted by Gasteiger charge is 2.27. The zero-order valence-corrected chi connectivity index (χ0v) is 13.4. The number of benzene rings is 2. The third kappa shape index (κ3) is 2.96. The fourth-order valence-electron chi connectivity index (χ4n) is 3.08. The number of amides is 1.